The second kappa shape index (κ2) is 9.31. The number of thioether (sulfide) groups is 1. The van der Waals surface area contributed by atoms with Gasteiger partial charge in [0.1, 0.15) is 5.01 Å². The molecule has 26 heavy (non-hydrogen) atoms. The van der Waals surface area contributed by atoms with Crippen LogP contribution in [0.15, 0.2) is 66.2 Å². The summed E-state index contributed by atoms with van der Waals surface area (Å²) in [6.45, 7) is 1.79. The van der Waals surface area contributed by atoms with Gasteiger partial charge < -0.3 is 0 Å². The number of benzene rings is 2. The highest BCUT2D eigenvalue weighted by Crippen LogP contribution is 2.23. The molecule has 0 saturated carbocycles. The average Bonchev–Trinajstić information content (AvgIpc) is 3.10. The zero-order valence-electron chi connectivity index (χ0n) is 14.4. The molecule has 3 aromatic rings. The molecule has 0 fully saturated rings. The van der Waals surface area contributed by atoms with E-state index in [1.165, 1.54) is 16.9 Å². The lowest BCUT2D eigenvalue weighted by Gasteiger charge is -2.01. The summed E-state index contributed by atoms with van der Waals surface area (Å²) >= 11 is 3.20. The number of rotatable bonds is 7. The number of carbonyl (C=O) groups is 1. The van der Waals surface area contributed by atoms with Crippen molar-refractivity contribution in [3.8, 4) is 0 Å². The quantitative estimate of drug-likeness (QED) is 0.584. The van der Waals surface area contributed by atoms with Crippen molar-refractivity contribution < 1.29 is 4.79 Å². The van der Waals surface area contributed by atoms with E-state index in [0.29, 0.717) is 10.7 Å². The molecule has 0 atom stereocenters. The van der Waals surface area contributed by atoms with Gasteiger partial charge in [-0.25, -0.2) is 0 Å². The molecule has 3 rings (SSSR count). The van der Waals surface area contributed by atoms with Crippen molar-refractivity contribution >= 4 is 40.2 Å². The molecule has 132 valence electrons. The molecular weight excluding hydrogens is 362 g/mol. The summed E-state index contributed by atoms with van der Waals surface area (Å²) in [4.78, 5) is 12.3. The summed E-state index contributed by atoms with van der Waals surface area (Å²) in [6.07, 6.45) is 1.85. The lowest BCUT2D eigenvalue weighted by Crippen LogP contribution is -2.12. The molecule has 0 aliphatic carbocycles. The van der Waals surface area contributed by atoms with Crippen LogP contribution in [0.1, 0.15) is 23.1 Å². The Labute approximate surface area is 161 Å². The minimum atomic E-state index is -0.159. The molecule has 1 aromatic heterocycles. The number of anilines is 1. The fourth-order valence-corrected chi connectivity index (χ4v) is 4.03. The standard InChI is InChI=1S/C20H19N3OS2/c1-15(12-16-8-4-2-5-9-16)19(24)21-20-23-22-18(26-20)14-25-13-17-10-6-3-7-11-17/h2-12H,13-14H2,1H3,(H,21,23,24)/b15-12+. The zero-order valence-corrected chi connectivity index (χ0v) is 16.0. The summed E-state index contributed by atoms with van der Waals surface area (Å²) in [5.41, 5.74) is 2.92. The van der Waals surface area contributed by atoms with Gasteiger partial charge in [-0.2, -0.15) is 0 Å². The van der Waals surface area contributed by atoms with Crippen molar-refractivity contribution in [1.82, 2.24) is 10.2 Å². The Bertz CT molecular complexity index is 876. The van der Waals surface area contributed by atoms with Crippen LogP contribution in [0.25, 0.3) is 6.08 Å². The lowest BCUT2D eigenvalue weighted by atomic mass is 10.1. The van der Waals surface area contributed by atoms with Crippen LogP contribution in [-0.2, 0) is 16.3 Å². The average molecular weight is 382 g/mol. The number of nitrogens with one attached hydrogen (secondary N) is 1. The monoisotopic (exact) mass is 381 g/mol. The van der Waals surface area contributed by atoms with Crippen molar-refractivity contribution in [3.63, 3.8) is 0 Å². The predicted octanol–water partition coefficient (Wildman–Crippen LogP) is 5.01. The summed E-state index contributed by atoms with van der Waals surface area (Å²) in [7, 11) is 0. The van der Waals surface area contributed by atoms with E-state index < -0.39 is 0 Å². The molecule has 0 aliphatic rings. The predicted molar refractivity (Wildman–Crippen MR) is 110 cm³/mol. The van der Waals surface area contributed by atoms with Gasteiger partial charge in [0.05, 0.1) is 0 Å². The first-order chi connectivity index (χ1) is 12.7. The largest absolute Gasteiger partial charge is 0.297 e. The van der Waals surface area contributed by atoms with Crippen molar-refractivity contribution in [2.75, 3.05) is 5.32 Å². The molecule has 1 heterocycles. The summed E-state index contributed by atoms with van der Waals surface area (Å²) in [6, 6.07) is 20.1. The number of hydrogen-bond donors (Lipinski definition) is 1. The van der Waals surface area contributed by atoms with Crippen LogP contribution < -0.4 is 5.32 Å². The number of aromatic nitrogens is 2. The van der Waals surface area contributed by atoms with Crippen molar-refractivity contribution in [2.24, 2.45) is 0 Å². The topological polar surface area (TPSA) is 54.9 Å². The second-order valence-electron chi connectivity index (χ2n) is 5.67. The van der Waals surface area contributed by atoms with Crippen molar-refractivity contribution in [3.05, 3.63) is 82.4 Å². The third-order valence-corrected chi connectivity index (χ3v) is 5.60. The van der Waals surface area contributed by atoms with E-state index in [-0.39, 0.29) is 5.91 Å². The highest BCUT2D eigenvalue weighted by molar-refractivity contribution is 7.97. The van der Waals surface area contributed by atoms with Crippen LogP contribution in [0.4, 0.5) is 5.13 Å². The molecule has 4 nitrogen and oxygen atoms in total. The first kappa shape index (κ1) is 18.4. The molecule has 0 bridgehead atoms. The Morgan fingerprint density at radius 1 is 1.04 bits per heavy atom. The molecule has 0 aliphatic heterocycles. The summed E-state index contributed by atoms with van der Waals surface area (Å²) in [5.74, 6) is 1.55. The van der Waals surface area contributed by atoms with Crippen molar-refractivity contribution in [2.45, 2.75) is 18.4 Å². The third kappa shape index (κ3) is 5.54. The van der Waals surface area contributed by atoms with E-state index in [0.717, 1.165) is 22.1 Å². The van der Waals surface area contributed by atoms with Gasteiger partial charge in [0.2, 0.25) is 5.13 Å². The molecule has 1 N–H and O–H groups in total. The molecule has 1 amide bonds. The molecule has 0 radical (unpaired) electrons. The Hall–Kier alpha value is -2.44. The van der Waals surface area contributed by atoms with Gasteiger partial charge in [-0.15, -0.1) is 22.0 Å². The maximum atomic E-state index is 12.3. The van der Waals surface area contributed by atoms with Gasteiger partial charge in [-0.1, -0.05) is 72.0 Å². The normalized spacial score (nSPS) is 11.3. The highest BCUT2D eigenvalue weighted by Gasteiger charge is 2.10. The Morgan fingerprint density at radius 2 is 1.73 bits per heavy atom. The van der Waals surface area contributed by atoms with Gasteiger partial charge in [0, 0.05) is 17.1 Å². The minimum absolute atomic E-state index is 0.159. The SMILES string of the molecule is C/C(=C\c1ccccc1)C(=O)Nc1nnc(CSCc2ccccc2)s1. The first-order valence-corrected chi connectivity index (χ1v) is 10.2. The summed E-state index contributed by atoms with van der Waals surface area (Å²) in [5, 5.41) is 12.5. The Morgan fingerprint density at radius 3 is 2.46 bits per heavy atom. The van der Waals surface area contributed by atoms with E-state index in [2.05, 4.69) is 27.6 Å². The van der Waals surface area contributed by atoms with Gasteiger partial charge in [-0.05, 0) is 24.1 Å². The minimum Gasteiger partial charge on any atom is -0.297 e. The number of amides is 1. The maximum absolute atomic E-state index is 12.3. The van der Waals surface area contributed by atoms with Crippen LogP contribution in [0.5, 0.6) is 0 Å². The van der Waals surface area contributed by atoms with E-state index >= 15 is 0 Å². The number of hydrogen-bond acceptors (Lipinski definition) is 5. The molecule has 0 unspecified atom stereocenters. The molecule has 2 aromatic carbocycles. The Balaban J connectivity index is 1.51. The van der Waals surface area contributed by atoms with E-state index in [1.807, 2.05) is 54.6 Å². The molecule has 0 saturated heterocycles. The van der Waals surface area contributed by atoms with E-state index in [4.69, 9.17) is 0 Å². The summed E-state index contributed by atoms with van der Waals surface area (Å²) < 4.78 is 0. The van der Waals surface area contributed by atoms with E-state index in [1.54, 1.807) is 18.7 Å². The van der Waals surface area contributed by atoms with Crippen molar-refractivity contribution in [1.29, 1.82) is 0 Å². The zero-order chi connectivity index (χ0) is 18.2. The molecule has 0 spiro atoms. The Kier molecular flexibility index (Phi) is 6.57. The number of carbonyl (C=O) groups excluding carboxylic acids is 1. The lowest BCUT2D eigenvalue weighted by molar-refractivity contribution is -0.112. The second-order valence-corrected chi connectivity index (χ2v) is 7.72. The fourth-order valence-electron chi connectivity index (χ4n) is 2.25. The third-order valence-electron chi connectivity index (χ3n) is 3.57. The number of nitrogens with zero attached hydrogens (tertiary/aromatic N) is 2. The highest BCUT2D eigenvalue weighted by atomic mass is 32.2. The van der Waals surface area contributed by atoms with Crippen LogP contribution in [0, 0.1) is 0 Å². The fraction of sp³-hybridized carbons (Fsp3) is 0.150. The smallest absolute Gasteiger partial charge is 0.253 e. The van der Waals surface area contributed by atoms with Gasteiger partial charge in [0.25, 0.3) is 5.91 Å². The van der Waals surface area contributed by atoms with Gasteiger partial charge >= 0.3 is 0 Å². The van der Waals surface area contributed by atoms with Crippen LogP contribution in [0.2, 0.25) is 0 Å². The van der Waals surface area contributed by atoms with E-state index in [9.17, 15) is 4.79 Å². The van der Waals surface area contributed by atoms with Crippen LogP contribution in [-0.4, -0.2) is 16.1 Å². The van der Waals surface area contributed by atoms with Crippen LogP contribution in [0.3, 0.4) is 0 Å². The molecular formula is C20H19N3OS2. The van der Waals surface area contributed by atoms with Gasteiger partial charge in [-0.3, -0.25) is 10.1 Å². The molecule has 6 heteroatoms. The van der Waals surface area contributed by atoms with Crippen LogP contribution >= 0.6 is 23.1 Å². The first-order valence-electron chi connectivity index (χ1n) is 8.19. The van der Waals surface area contributed by atoms with Gasteiger partial charge in [0.15, 0.2) is 0 Å². The maximum Gasteiger partial charge on any atom is 0.253 e.